The molecule has 9 nitrogen and oxygen atoms in total. The van der Waals surface area contributed by atoms with Gasteiger partial charge in [-0.2, -0.15) is 0 Å². The van der Waals surface area contributed by atoms with Gasteiger partial charge in [0, 0.05) is 4.88 Å². The lowest BCUT2D eigenvalue weighted by Gasteiger charge is -2.10. The summed E-state index contributed by atoms with van der Waals surface area (Å²) >= 11 is 1.38. The number of aryl methyl sites for hydroxylation is 2. The Balaban J connectivity index is 2.09. The number of aromatic nitrogens is 2. The third kappa shape index (κ3) is 4.75. The number of fused-ring (bicyclic) bond motifs is 1. The van der Waals surface area contributed by atoms with Crippen LogP contribution in [0.2, 0.25) is 0 Å². The monoisotopic (exact) mass is 443 g/mol. The van der Waals surface area contributed by atoms with Crippen LogP contribution in [0, 0.1) is 6.92 Å². The fraction of sp³-hybridized carbons (Fsp3) is 0.250. The summed E-state index contributed by atoms with van der Waals surface area (Å²) in [6, 6.07) is 7.73. The Morgan fingerprint density at radius 2 is 1.89 bits per heavy atom. The number of nitrogens with zero attached hydrogens (tertiary/aromatic N) is 2. The van der Waals surface area contributed by atoms with Crippen molar-refractivity contribution in [1.82, 2.24) is 14.5 Å². The van der Waals surface area contributed by atoms with Gasteiger partial charge < -0.3 is 14.5 Å². The predicted molar refractivity (Wildman–Crippen MR) is 107 cm³/mol. The maximum absolute atomic E-state index is 12.1. The van der Waals surface area contributed by atoms with E-state index in [0.717, 1.165) is 16.0 Å². The maximum atomic E-state index is 12.1. The van der Waals surface area contributed by atoms with E-state index in [9.17, 15) is 13.0 Å². The average molecular weight is 443 g/mol. The Bertz CT molecular complexity index is 1160. The molecule has 3 aromatic rings. The lowest BCUT2D eigenvalue weighted by atomic mass is 10.0. The van der Waals surface area contributed by atoms with E-state index < -0.39 is 23.5 Å². The molecular formula is C16H18N3O6PS2. The minimum atomic E-state index is -4.92. The molecule has 2 aromatic heterocycles. The van der Waals surface area contributed by atoms with Gasteiger partial charge >= 0.3 is 7.75 Å². The summed E-state index contributed by atoms with van der Waals surface area (Å²) in [5.41, 5.74) is 2.61. The molecule has 0 aliphatic heterocycles. The molecular weight excluding hydrogens is 425 g/mol. The second-order valence-corrected chi connectivity index (χ2v) is 10.5. The molecule has 3 N–H and O–H groups in total. The molecule has 0 aliphatic carbocycles. The highest BCUT2D eigenvalue weighted by Gasteiger charge is 2.25. The van der Waals surface area contributed by atoms with Crippen LogP contribution < -0.4 is 9.23 Å². The largest absolute Gasteiger partial charge is 0.480 e. The number of methoxy groups -OCH3 is 1. The average Bonchev–Trinajstić information content (AvgIpc) is 2.97. The molecule has 150 valence electrons. The van der Waals surface area contributed by atoms with Crippen molar-refractivity contribution in [3.63, 3.8) is 0 Å². The van der Waals surface area contributed by atoms with Gasteiger partial charge in [-0.25, -0.2) is 23.0 Å². The number of rotatable bonds is 7. The van der Waals surface area contributed by atoms with Gasteiger partial charge in [0.25, 0.3) is 0 Å². The van der Waals surface area contributed by atoms with Gasteiger partial charge in [0.1, 0.15) is 11.2 Å². The Hall–Kier alpha value is -1.88. The highest BCUT2D eigenvalue weighted by Crippen LogP contribution is 2.41. The molecule has 1 aromatic carbocycles. The fourth-order valence-corrected chi connectivity index (χ4v) is 6.23. The topological polar surface area (TPSA) is 139 Å². The molecule has 3 rings (SSSR count). The van der Waals surface area contributed by atoms with E-state index in [-0.39, 0.29) is 6.42 Å². The third-order valence-corrected chi connectivity index (χ3v) is 7.93. The predicted octanol–water partition coefficient (Wildman–Crippen LogP) is 2.23. The summed E-state index contributed by atoms with van der Waals surface area (Å²) in [4.78, 5) is 27.6. The fourth-order valence-electron chi connectivity index (χ4n) is 2.76. The van der Waals surface area contributed by atoms with Gasteiger partial charge in [-0.1, -0.05) is 29.8 Å². The minimum absolute atomic E-state index is 0.00226. The van der Waals surface area contributed by atoms with Crippen molar-refractivity contribution >= 4 is 39.3 Å². The van der Waals surface area contributed by atoms with Crippen LogP contribution in [0.3, 0.4) is 0 Å². The first-order valence-electron chi connectivity index (χ1n) is 8.04. The molecule has 0 atom stereocenters. The Kier molecular flexibility index (Phi) is 5.85. The molecule has 0 spiro atoms. The van der Waals surface area contributed by atoms with E-state index in [1.165, 1.54) is 29.3 Å². The third-order valence-electron chi connectivity index (χ3n) is 3.94. The molecule has 0 fully saturated rings. The molecule has 0 aliphatic rings. The van der Waals surface area contributed by atoms with Gasteiger partial charge in [-0.3, -0.25) is 0 Å². The van der Waals surface area contributed by atoms with E-state index in [4.69, 9.17) is 14.5 Å². The highest BCUT2D eigenvalue weighted by molar-refractivity contribution is 7.94. The van der Waals surface area contributed by atoms with Crippen LogP contribution in [0.1, 0.15) is 11.1 Å². The van der Waals surface area contributed by atoms with E-state index in [0.29, 0.717) is 21.7 Å². The summed E-state index contributed by atoms with van der Waals surface area (Å²) in [5.74, 6) is -0.198. The van der Waals surface area contributed by atoms with Crippen molar-refractivity contribution in [1.29, 1.82) is 0 Å². The summed E-state index contributed by atoms with van der Waals surface area (Å²) in [7, 11) is -7.66. The maximum Gasteiger partial charge on any atom is 0.413 e. The van der Waals surface area contributed by atoms with E-state index >= 15 is 0 Å². The number of ether oxygens (including phenoxy) is 1. The number of hydrogen-bond donors (Lipinski definition) is 3. The summed E-state index contributed by atoms with van der Waals surface area (Å²) in [6.07, 6.45) is 1.37. The standard InChI is InChI=1S/C16H18N3O6PS2/c1-10-3-5-11(6-4-10)14-12(7-8-28(23,24)19-26(20,21)22)13-15(25-2)17-9-18-16(13)27-14/h3-6,9H,7-8H2,1-2H3,(H3,19,20,21,22). The van der Waals surface area contributed by atoms with Crippen LogP contribution >= 0.6 is 19.1 Å². The zero-order chi connectivity index (χ0) is 20.5. The number of benzene rings is 1. The lowest BCUT2D eigenvalue weighted by Crippen LogP contribution is -2.24. The number of hydrogen-bond acceptors (Lipinski definition) is 7. The molecule has 0 radical (unpaired) electrons. The first kappa shape index (κ1) is 20.8. The highest BCUT2D eigenvalue weighted by atomic mass is 32.2. The van der Waals surface area contributed by atoms with Crippen molar-refractivity contribution < 1.29 is 27.5 Å². The summed E-state index contributed by atoms with van der Waals surface area (Å²) in [5, 5.41) is 0.594. The van der Waals surface area contributed by atoms with Crippen LogP contribution in [-0.4, -0.2) is 41.0 Å². The summed E-state index contributed by atoms with van der Waals surface area (Å²) in [6.45, 7) is 1.96. The minimum Gasteiger partial charge on any atom is -0.480 e. The van der Waals surface area contributed by atoms with Crippen LogP contribution in [-0.2, 0) is 21.0 Å². The van der Waals surface area contributed by atoms with E-state index in [2.05, 4.69) is 9.97 Å². The smallest absolute Gasteiger partial charge is 0.413 e. The Labute approximate surface area is 165 Å². The molecule has 12 heteroatoms. The molecule has 0 saturated heterocycles. The second kappa shape index (κ2) is 7.86. The normalized spacial score (nSPS) is 12.4. The zero-order valence-electron chi connectivity index (χ0n) is 15.0. The number of sulfonamides is 1. The van der Waals surface area contributed by atoms with E-state index in [1.807, 2.05) is 31.2 Å². The molecule has 28 heavy (non-hydrogen) atoms. The number of thiophene rings is 1. The Morgan fingerprint density at radius 1 is 1.21 bits per heavy atom. The molecule has 2 heterocycles. The molecule has 0 unspecified atom stereocenters. The first-order chi connectivity index (χ1) is 13.1. The molecule has 0 amide bonds. The Morgan fingerprint density at radius 3 is 2.50 bits per heavy atom. The second-order valence-electron chi connectivity index (χ2n) is 6.04. The lowest BCUT2D eigenvalue weighted by molar-refractivity contribution is 0.368. The summed E-state index contributed by atoms with van der Waals surface area (Å²) < 4.78 is 41.8. The van der Waals surface area contributed by atoms with Gasteiger partial charge in [-0.15, -0.1) is 15.8 Å². The van der Waals surface area contributed by atoms with Gasteiger partial charge in [0.15, 0.2) is 0 Å². The van der Waals surface area contributed by atoms with Gasteiger partial charge in [0.2, 0.25) is 15.9 Å². The van der Waals surface area contributed by atoms with Gasteiger partial charge in [-0.05, 0) is 24.5 Å². The van der Waals surface area contributed by atoms with Gasteiger partial charge in [0.05, 0.1) is 18.2 Å². The first-order valence-corrected chi connectivity index (χ1v) is 12.1. The van der Waals surface area contributed by atoms with Crippen LogP contribution in [0.4, 0.5) is 0 Å². The quantitative estimate of drug-likeness (QED) is 0.473. The van der Waals surface area contributed by atoms with Crippen molar-refractivity contribution in [2.75, 3.05) is 12.9 Å². The van der Waals surface area contributed by atoms with E-state index in [1.54, 1.807) is 0 Å². The zero-order valence-corrected chi connectivity index (χ0v) is 17.5. The van der Waals surface area contributed by atoms with Crippen LogP contribution in [0.25, 0.3) is 20.7 Å². The van der Waals surface area contributed by atoms with Crippen molar-refractivity contribution in [3.8, 4) is 16.3 Å². The van der Waals surface area contributed by atoms with Crippen LogP contribution in [0.15, 0.2) is 30.6 Å². The SMILES string of the molecule is COc1ncnc2sc(-c3ccc(C)cc3)c(CCS(=O)(=O)NP(=O)(O)O)c12. The molecule has 0 bridgehead atoms. The van der Waals surface area contributed by atoms with Crippen LogP contribution in [0.5, 0.6) is 5.88 Å². The van der Waals surface area contributed by atoms with Crippen molar-refractivity contribution in [3.05, 3.63) is 41.7 Å². The van der Waals surface area contributed by atoms with Crippen molar-refractivity contribution in [2.45, 2.75) is 13.3 Å². The molecule has 0 saturated carbocycles. The van der Waals surface area contributed by atoms with Crippen molar-refractivity contribution in [2.24, 2.45) is 0 Å². The number of nitrogens with one attached hydrogen (secondary N) is 1.